The van der Waals surface area contributed by atoms with Crippen LogP contribution < -0.4 is 5.32 Å². The molecule has 0 radical (unpaired) electrons. The van der Waals surface area contributed by atoms with Crippen molar-refractivity contribution in [2.45, 2.75) is 37.8 Å². The summed E-state index contributed by atoms with van der Waals surface area (Å²) in [6.45, 7) is 4.41. The van der Waals surface area contributed by atoms with E-state index in [9.17, 15) is 0 Å². The third-order valence-electron chi connectivity index (χ3n) is 2.26. The average Bonchev–Trinajstić information content (AvgIpc) is 2.34. The summed E-state index contributed by atoms with van der Waals surface area (Å²) in [4.78, 5) is 8.32. The predicted octanol–water partition coefficient (Wildman–Crippen LogP) is 2.74. The Bertz CT molecular complexity index is 254. The molecule has 1 N–H and O–H groups in total. The molecule has 0 aliphatic rings. The van der Waals surface area contributed by atoms with Crippen molar-refractivity contribution in [2.75, 3.05) is 18.8 Å². The minimum Gasteiger partial charge on any atom is -0.316 e. The molecule has 0 fully saturated rings. The van der Waals surface area contributed by atoms with Gasteiger partial charge in [-0.2, -0.15) is 0 Å². The van der Waals surface area contributed by atoms with Gasteiger partial charge >= 0.3 is 0 Å². The predicted molar refractivity (Wildman–Crippen MR) is 69.8 cm³/mol. The van der Waals surface area contributed by atoms with Gasteiger partial charge in [-0.05, 0) is 19.0 Å². The molecule has 1 aromatic rings. The third-order valence-corrected chi connectivity index (χ3v) is 3.14. The average molecular weight is 239 g/mol. The zero-order valence-corrected chi connectivity index (χ0v) is 10.8. The summed E-state index contributed by atoms with van der Waals surface area (Å²) in [7, 11) is 0. The first-order chi connectivity index (χ1) is 7.93. The number of nitrogens with one attached hydrogen (secondary N) is 1. The molecular formula is C12H21N3S. The maximum atomic E-state index is 4.16. The lowest BCUT2D eigenvalue weighted by molar-refractivity contribution is 0.612. The molecule has 0 amide bonds. The molecule has 1 rings (SSSR count). The lowest BCUT2D eigenvalue weighted by Gasteiger charge is -2.03. The van der Waals surface area contributed by atoms with Crippen LogP contribution in [0.4, 0.5) is 0 Å². The molecule has 0 saturated carbocycles. The Morgan fingerprint density at radius 3 is 2.69 bits per heavy atom. The Labute approximate surface area is 102 Å². The summed E-state index contributed by atoms with van der Waals surface area (Å²) < 4.78 is 0. The Morgan fingerprint density at radius 1 is 1.12 bits per heavy atom. The number of rotatable bonds is 9. The Kier molecular flexibility index (Phi) is 8.08. The number of hydrogen-bond acceptors (Lipinski definition) is 4. The highest BCUT2D eigenvalue weighted by Gasteiger charge is 1.94. The van der Waals surface area contributed by atoms with Gasteiger partial charge in [0.1, 0.15) is 0 Å². The standard InChI is InChI=1S/C12H21N3S/c1-2-3-4-5-7-13-10-11-16-12-14-8-6-9-15-12/h6,8-9,13H,2-5,7,10-11H2,1H3. The van der Waals surface area contributed by atoms with E-state index in [0.29, 0.717) is 0 Å². The summed E-state index contributed by atoms with van der Waals surface area (Å²) in [5, 5.41) is 4.31. The second-order valence-corrected chi connectivity index (χ2v) is 4.75. The quantitative estimate of drug-likeness (QED) is 0.408. The number of aromatic nitrogens is 2. The molecule has 0 aliphatic carbocycles. The fourth-order valence-corrected chi connectivity index (χ4v) is 2.08. The van der Waals surface area contributed by atoms with Crippen LogP contribution >= 0.6 is 11.8 Å². The van der Waals surface area contributed by atoms with Crippen LogP contribution in [0, 0.1) is 0 Å². The van der Waals surface area contributed by atoms with Crippen molar-refractivity contribution in [1.82, 2.24) is 15.3 Å². The van der Waals surface area contributed by atoms with Gasteiger partial charge in [0, 0.05) is 24.7 Å². The van der Waals surface area contributed by atoms with E-state index >= 15 is 0 Å². The van der Waals surface area contributed by atoms with Gasteiger partial charge in [-0.1, -0.05) is 37.9 Å². The Morgan fingerprint density at radius 2 is 1.94 bits per heavy atom. The molecule has 0 aromatic carbocycles. The third kappa shape index (κ3) is 6.80. The molecule has 0 spiro atoms. The largest absolute Gasteiger partial charge is 0.316 e. The Hall–Kier alpha value is -0.610. The van der Waals surface area contributed by atoms with Crippen LogP contribution in [0.2, 0.25) is 0 Å². The van der Waals surface area contributed by atoms with E-state index in [4.69, 9.17) is 0 Å². The van der Waals surface area contributed by atoms with Gasteiger partial charge in [-0.25, -0.2) is 9.97 Å². The highest BCUT2D eigenvalue weighted by Crippen LogP contribution is 2.09. The minimum atomic E-state index is 0.871. The second-order valence-electron chi connectivity index (χ2n) is 3.69. The first kappa shape index (κ1) is 13.5. The lowest BCUT2D eigenvalue weighted by atomic mass is 10.2. The minimum absolute atomic E-state index is 0.871. The number of nitrogens with zero attached hydrogens (tertiary/aromatic N) is 2. The molecule has 0 bridgehead atoms. The van der Waals surface area contributed by atoms with Gasteiger partial charge in [0.15, 0.2) is 5.16 Å². The number of unbranched alkanes of at least 4 members (excludes halogenated alkanes) is 3. The molecule has 3 nitrogen and oxygen atoms in total. The molecule has 0 aliphatic heterocycles. The van der Waals surface area contributed by atoms with E-state index < -0.39 is 0 Å². The monoisotopic (exact) mass is 239 g/mol. The van der Waals surface area contributed by atoms with Crippen molar-refractivity contribution in [3.63, 3.8) is 0 Å². The molecular weight excluding hydrogens is 218 g/mol. The summed E-state index contributed by atoms with van der Waals surface area (Å²) >= 11 is 1.70. The van der Waals surface area contributed by atoms with Gasteiger partial charge in [0.25, 0.3) is 0 Å². The molecule has 0 atom stereocenters. The topological polar surface area (TPSA) is 37.8 Å². The van der Waals surface area contributed by atoms with E-state index in [-0.39, 0.29) is 0 Å². The highest BCUT2D eigenvalue weighted by atomic mass is 32.2. The van der Waals surface area contributed by atoms with Crippen LogP contribution in [-0.4, -0.2) is 28.8 Å². The SMILES string of the molecule is CCCCCCNCCSc1ncccn1. The zero-order chi connectivity index (χ0) is 11.5. The number of hydrogen-bond donors (Lipinski definition) is 1. The van der Waals surface area contributed by atoms with Gasteiger partial charge in [-0.3, -0.25) is 0 Å². The molecule has 1 heterocycles. The van der Waals surface area contributed by atoms with Crippen molar-refractivity contribution in [3.05, 3.63) is 18.5 Å². The summed E-state index contributed by atoms with van der Waals surface area (Å²) in [6.07, 6.45) is 8.87. The second kappa shape index (κ2) is 9.60. The number of thioether (sulfide) groups is 1. The van der Waals surface area contributed by atoms with Gasteiger partial charge in [0.05, 0.1) is 0 Å². The maximum Gasteiger partial charge on any atom is 0.187 e. The van der Waals surface area contributed by atoms with E-state index in [1.54, 1.807) is 24.2 Å². The van der Waals surface area contributed by atoms with E-state index in [1.165, 1.54) is 25.7 Å². The fraction of sp³-hybridized carbons (Fsp3) is 0.667. The lowest BCUT2D eigenvalue weighted by Crippen LogP contribution is -2.18. The zero-order valence-electron chi connectivity index (χ0n) is 9.98. The maximum absolute atomic E-state index is 4.16. The first-order valence-corrected chi connectivity index (χ1v) is 7.02. The van der Waals surface area contributed by atoms with Gasteiger partial charge < -0.3 is 5.32 Å². The summed E-state index contributed by atoms with van der Waals surface area (Å²) in [6, 6.07) is 1.84. The molecule has 16 heavy (non-hydrogen) atoms. The van der Waals surface area contributed by atoms with Crippen molar-refractivity contribution in [2.24, 2.45) is 0 Å². The molecule has 4 heteroatoms. The molecule has 1 aromatic heterocycles. The van der Waals surface area contributed by atoms with Crippen LogP contribution in [0.5, 0.6) is 0 Å². The van der Waals surface area contributed by atoms with Gasteiger partial charge in [-0.15, -0.1) is 0 Å². The van der Waals surface area contributed by atoms with Crippen LogP contribution in [0.1, 0.15) is 32.6 Å². The van der Waals surface area contributed by atoms with Gasteiger partial charge in [0.2, 0.25) is 0 Å². The molecule has 0 unspecified atom stereocenters. The highest BCUT2D eigenvalue weighted by molar-refractivity contribution is 7.99. The van der Waals surface area contributed by atoms with Crippen molar-refractivity contribution in [3.8, 4) is 0 Å². The van der Waals surface area contributed by atoms with Crippen molar-refractivity contribution >= 4 is 11.8 Å². The van der Waals surface area contributed by atoms with E-state index in [1.807, 2.05) is 6.07 Å². The normalized spacial score (nSPS) is 10.6. The summed E-state index contributed by atoms with van der Waals surface area (Å²) in [5.74, 6) is 1.04. The van der Waals surface area contributed by atoms with E-state index in [2.05, 4.69) is 22.2 Å². The van der Waals surface area contributed by atoms with Crippen LogP contribution in [0.25, 0.3) is 0 Å². The summed E-state index contributed by atoms with van der Waals surface area (Å²) in [5.41, 5.74) is 0. The van der Waals surface area contributed by atoms with Crippen LogP contribution in [-0.2, 0) is 0 Å². The molecule has 0 saturated heterocycles. The van der Waals surface area contributed by atoms with Crippen molar-refractivity contribution < 1.29 is 0 Å². The van der Waals surface area contributed by atoms with Crippen molar-refractivity contribution in [1.29, 1.82) is 0 Å². The smallest absolute Gasteiger partial charge is 0.187 e. The van der Waals surface area contributed by atoms with Crippen LogP contribution in [0.15, 0.2) is 23.6 Å². The fourth-order valence-electron chi connectivity index (χ4n) is 1.38. The van der Waals surface area contributed by atoms with E-state index in [0.717, 1.165) is 24.0 Å². The Balaban J connectivity index is 1.89. The van der Waals surface area contributed by atoms with Crippen LogP contribution in [0.3, 0.4) is 0 Å². The first-order valence-electron chi connectivity index (χ1n) is 6.04. The molecule has 90 valence electrons.